The van der Waals surface area contributed by atoms with Gasteiger partial charge in [-0.05, 0) is 24.1 Å². The standard InChI is InChI=1S/C15H17NO3/c17-11-5-10-16-9-4-8-14(15(16)18)19-12-13-6-2-1-3-7-13/h1-4,6-9,17H,5,10-12H2. The van der Waals surface area contributed by atoms with E-state index in [0.29, 0.717) is 25.3 Å². The number of pyridine rings is 1. The van der Waals surface area contributed by atoms with E-state index < -0.39 is 0 Å². The van der Waals surface area contributed by atoms with E-state index in [4.69, 9.17) is 9.84 Å². The lowest BCUT2D eigenvalue weighted by molar-refractivity contribution is 0.275. The number of ether oxygens (including phenoxy) is 1. The first kappa shape index (κ1) is 13.4. The van der Waals surface area contributed by atoms with E-state index in [2.05, 4.69) is 0 Å². The third-order valence-corrected chi connectivity index (χ3v) is 2.78. The fourth-order valence-corrected chi connectivity index (χ4v) is 1.78. The summed E-state index contributed by atoms with van der Waals surface area (Å²) in [7, 11) is 0. The Labute approximate surface area is 111 Å². The van der Waals surface area contributed by atoms with Crippen LogP contribution in [0.2, 0.25) is 0 Å². The highest BCUT2D eigenvalue weighted by molar-refractivity contribution is 5.19. The van der Waals surface area contributed by atoms with Gasteiger partial charge in [-0.1, -0.05) is 30.3 Å². The van der Waals surface area contributed by atoms with Crippen molar-refractivity contribution in [2.45, 2.75) is 19.6 Å². The summed E-state index contributed by atoms with van der Waals surface area (Å²) in [6, 6.07) is 13.2. The van der Waals surface area contributed by atoms with Crippen molar-refractivity contribution in [1.29, 1.82) is 0 Å². The van der Waals surface area contributed by atoms with Gasteiger partial charge < -0.3 is 14.4 Å². The molecule has 2 aromatic rings. The van der Waals surface area contributed by atoms with Crippen molar-refractivity contribution in [2.75, 3.05) is 6.61 Å². The summed E-state index contributed by atoms with van der Waals surface area (Å²) in [5.41, 5.74) is 0.861. The van der Waals surface area contributed by atoms with Crippen LogP contribution in [-0.2, 0) is 13.2 Å². The Kier molecular flexibility index (Phi) is 4.75. The first-order valence-corrected chi connectivity index (χ1v) is 6.28. The van der Waals surface area contributed by atoms with Crippen LogP contribution in [0.15, 0.2) is 53.5 Å². The number of benzene rings is 1. The molecule has 0 saturated heterocycles. The molecule has 1 aromatic heterocycles. The van der Waals surface area contributed by atoms with Crippen molar-refractivity contribution in [1.82, 2.24) is 4.57 Å². The average molecular weight is 259 g/mol. The molecular weight excluding hydrogens is 242 g/mol. The predicted octanol–water partition coefficient (Wildman–Crippen LogP) is 1.81. The van der Waals surface area contributed by atoms with Crippen LogP contribution in [0, 0.1) is 0 Å². The van der Waals surface area contributed by atoms with E-state index in [1.807, 2.05) is 30.3 Å². The molecule has 2 rings (SSSR count). The molecule has 0 aliphatic rings. The fraction of sp³-hybridized carbons (Fsp3) is 0.267. The van der Waals surface area contributed by atoms with Crippen molar-refractivity contribution < 1.29 is 9.84 Å². The summed E-state index contributed by atoms with van der Waals surface area (Å²) in [5.74, 6) is 0.337. The van der Waals surface area contributed by atoms with Gasteiger partial charge in [0.25, 0.3) is 5.56 Å². The van der Waals surface area contributed by atoms with Crippen LogP contribution in [0.4, 0.5) is 0 Å². The number of hydrogen-bond acceptors (Lipinski definition) is 3. The van der Waals surface area contributed by atoms with Crippen molar-refractivity contribution in [3.8, 4) is 5.75 Å². The minimum absolute atomic E-state index is 0.0710. The minimum atomic E-state index is -0.160. The highest BCUT2D eigenvalue weighted by Crippen LogP contribution is 2.07. The lowest BCUT2D eigenvalue weighted by Crippen LogP contribution is -2.21. The summed E-state index contributed by atoms with van der Waals surface area (Å²) >= 11 is 0. The number of hydrogen-bond donors (Lipinski definition) is 1. The zero-order valence-corrected chi connectivity index (χ0v) is 10.7. The quantitative estimate of drug-likeness (QED) is 0.860. The highest BCUT2D eigenvalue weighted by Gasteiger charge is 2.04. The Morgan fingerprint density at radius 2 is 1.89 bits per heavy atom. The minimum Gasteiger partial charge on any atom is -0.483 e. The molecule has 0 spiro atoms. The molecular formula is C15H17NO3. The Bertz CT molecular complexity index is 563. The molecule has 0 amide bonds. The molecule has 0 unspecified atom stereocenters. The summed E-state index contributed by atoms with van der Waals surface area (Å²) in [4.78, 5) is 12.1. The molecule has 4 heteroatoms. The van der Waals surface area contributed by atoms with Gasteiger partial charge in [0.1, 0.15) is 6.61 Å². The van der Waals surface area contributed by atoms with Gasteiger partial charge >= 0.3 is 0 Å². The summed E-state index contributed by atoms with van der Waals surface area (Å²) < 4.78 is 7.10. The van der Waals surface area contributed by atoms with Crippen molar-refractivity contribution >= 4 is 0 Å². The van der Waals surface area contributed by atoms with Gasteiger partial charge in [-0.15, -0.1) is 0 Å². The van der Waals surface area contributed by atoms with E-state index >= 15 is 0 Å². The zero-order chi connectivity index (χ0) is 13.5. The predicted molar refractivity (Wildman–Crippen MR) is 73.2 cm³/mol. The van der Waals surface area contributed by atoms with E-state index in [-0.39, 0.29) is 12.2 Å². The number of aliphatic hydroxyl groups is 1. The number of nitrogens with zero attached hydrogens (tertiary/aromatic N) is 1. The van der Waals surface area contributed by atoms with E-state index in [9.17, 15) is 4.79 Å². The molecule has 1 aromatic carbocycles. The second-order valence-corrected chi connectivity index (χ2v) is 4.22. The smallest absolute Gasteiger partial charge is 0.292 e. The molecule has 1 heterocycles. The first-order chi connectivity index (χ1) is 9.31. The molecule has 0 aliphatic heterocycles. The maximum Gasteiger partial charge on any atom is 0.292 e. The molecule has 100 valence electrons. The summed E-state index contributed by atoms with van der Waals surface area (Å²) in [6.45, 7) is 0.944. The van der Waals surface area contributed by atoms with Crippen LogP contribution in [0.25, 0.3) is 0 Å². The average Bonchev–Trinajstić information content (AvgIpc) is 2.46. The second-order valence-electron chi connectivity index (χ2n) is 4.22. The van der Waals surface area contributed by atoms with Gasteiger partial charge in [0.15, 0.2) is 5.75 Å². The number of rotatable bonds is 6. The van der Waals surface area contributed by atoms with Crippen LogP contribution >= 0.6 is 0 Å². The van der Waals surface area contributed by atoms with Crippen molar-refractivity contribution in [3.63, 3.8) is 0 Å². The molecule has 0 aliphatic carbocycles. The van der Waals surface area contributed by atoms with E-state index in [0.717, 1.165) is 5.56 Å². The van der Waals surface area contributed by atoms with Crippen molar-refractivity contribution in [2.24, 2.45) is 0 Å². The van der Waals surface area contributed by atoms with E-state index in [1.54, 1.807) is 22.9 Å². The van der Waals surface area contributed by atoms with Crippen molar-refractivity contribution in [3.05, 3.63) is 64.6 Å². The van der Waals surface area contributed by atoms with Gasteiger partial charge in [0.05, 0.1) is 0 Å². The normalized spacial score (nSPS) is 10.4. The number of aromatic nitrogens is 1. The third-order valence-electron chi connectivity index (χ3n) is 2.78. The monoisotopic (exact) mass is 259 g/mol. The molecule has 4 nitrogen and oxygen atoms in total. The van der Waals surface area contributed by atoms with Crippen LogP contribution < -0.4 is 10.3 Å². The Morgan fingerprint density at radius 3 is 2.63 bits per heavy atom. The maximum atomic E-state index is 12.1. The molecule has 19 heavy (non-hydrogen) atoms. The van der Waals surface area contributed by atoms with Gasteiger partial charge in [-0.3, -0.25) is 4.79 Å². The zero-order valence-electron chi connectivity index (χ0n) is 10.7. The maximum absolute atomic E-state index is 12.1. The molecule has 0 fully saturated rings. The van der Waals surface area contributed by atoms with Crippen LogP contribution in [0.5, 0.6) is 5.75 Å². The molecule has 0 radical (unpaired) electrons. The fourth-order valence-electron chi connectivity index (χ4n) is 1.78. The van der Waals surface area contributed by atoms with Crippen LogP contribution in [0.1, 0.15) is 12.0 Å². The van der Waals surface area contributed by atoms with Crippen LogP contribution in [-0.4, -0.2) is 16.3 Å². The molecule has 0 bridgehead atoms. The first-order valence-electron chi connectivity index (χ1n) is 6.28. The topological polar surface area (TPSA) is 51.5 Å². The largest absolute Gasteiger partial charge is 0.483 e. The Morgan fingerprint density at radius 1 is 1.11 bits per heavy atom. The lowest BCUT2D eigenvalue weighted by Gasteiger charge is -2.09. The van der Waals surface area contributed by atoms with Gasteiger partial charge in [0, 0.05) is 19.3 Å². The number of aryl methyl sites for hydroxylation is 1. The second kappa shape index (κ2) is 6.75. The SMILES string of the molecule is O=c1c(OCc2ccccc2)cccn1CCCO. The van der Waals surface area contributed by atoms with Gasteiger partial charge in [0.2, 0.25) is 0 Å². The highest BCUT2D eigenvalue weighted by atomic mass is 16.5. The summed E-state index contributed by atoms with van der Waals surface area (Å²) in [6.07, 6.45) is 2.26. The summed E-state index contributed by atoms with van der Waals surface area (Å²) in [5, 5.41) is 8.79. The van der Waals surface area contributed by atoms with Gasteiger partial charge in [-0.25, -0.2) is 0 Å². The van der Waals surface area contributed by atoms with Crippen LogP contribution in [0.3, 0.4) is 0 Å². The third kappa shape index (κ3) is 3.69. The number of aliphatic hydroxyl groups excluding tert-OH is 1. The van der Waals surface area contributed by atoms with Gasteiger partial charge in [-0.2, -0.15) is 0 Å². The molecule has 1 N–H and O–H groups in total. The lowest BCUT2D eigenvalue weighted by atomic mass is 10.2. The van der Waals surface area contributed by atoms with E-state index in [1.165, 1.54) is 0 Å². The molecule has 0 saturated carbocycles. The Balaban J connectivity index is 2.06. The molecule has 0 atom stereocenters. The Hall–Kier alpha value is -2.07.